The topological polar surface area (TPSA) is 43.2 Å². The molecule has 2 aromatic heterocycles. The van der Waals surface area contributed by atoms with E-state index in [1.807, 2.05) is 50.4 Å². The number of aromatic nitrogens is 3. The molecule has 0 radical (unpaired) electrons. The normalized spacial score (nSPS) is 19.2. The summed E-state index contributed by atoms with van der Waals surface area (Å²) < 4.78 is 47.8. The van der Waals surface area contributed by atoms with E-state index < -0.39 is 11.7 Å². The summed E-state index contributed by atoms with van der Waals surface area (Å²) in [6.45, 7) is 5.37. The molecule has 0 N–H and O–H groups in total. The predicted molar refractivity (Wildman–Crippen MR) is 122 cm³/mol. The minimum atomic E-state index is -4.43. The van der Waals surface area contributed by atoms with E-state index in [1.165, 1.54) is 12.4 Å². The highest BCUT2D eigenvalue weighted by Gasteiger charge is 2.31. The SMILES string of the molecule is C[C@@H]1CN(c2ncnc3c2c(-c2ccccc2)cn3-c2cccc(C(F)(F)F)c2)C[C@@H](C)O1. The lowest BCUT2D eigenvalue weighted by Gasteiger charge is -2.36. The maximum Gasteiger partial charge on any atom is 0.416 e. The van der Waals surface area contributed by atoms with Crippen LogP contribution in [0.3, 0.4) is 0 Å². The Morgan fingerprint density at radius 2 is 1.67 bits per heavy atom. The van der Waals surface area contributed by atoms with Gasteiger partial charge in [-0.25, -0.2) is 9.97 Å². The third kappa shape index (κ3) is 4.06. The molecule has 1 aliphatic heterocycles. The lowest BCUT2D eigenvalue weighted by Crippen LogP contribution is -2.46. The summed E-state index contributed by atoms with van der Waals surface area (Å²) in [7, 11) is 0. The van der Waals surface area contributed by atoms with E-state index >= 15 is 0 Å². The van der Waals surface area contributed by atoms with Gasteiger partial charge in [0.1, 0.15) is 12.1 Å². The van der Waals surface area contributed by atoms with Crippen LogP contribution in [0.4, 0.5) is 19.0 Å². The highest BCUT2D eigenvalue weighted by atomic mass is 19.4. The number of rotatable bonds is 3. The van der Waals surface area contributed by atoms with Crippen LogP contribution in [0.2, 0.25) is 0 Å². The van der Waals surface area contributed by atoms with Crippen LogP contribution < -0.4 is 4.90 Å². The Morgan fingerprint density at radius 3 is 2.36 bits per heavy atom. The van der Waals surface area contributed by atoms with E-state index in [4.69, 9.17) is 4.74 Å². The Kier molecular flexibility index (Phi) is 5.32. The molecule has 0 spiro atoms. The quantitative estimate of drug-likeness (QED) is 0.399. The van der Waals surface area contributed by atoms with Gasteiger partial charge < -0.3 is 14.2 Å². The minimum absolute atomic E-state index is 0.0319. The Bertz CT molecular complexity index is 1280. The van der Waals surface area contributed by atoms with Crippen molar-refractivity contribution in [3.8, 4) is 16.8 Å². The van der Waals surface area contributed by atoms with E-state index in [0.29, 0.717) is 24.4 Å². The number of fused-ring (bicyclic) bond motifs is 1. The fourth-order valence-electron chi connectivity index (χ4n) is 4.50. The Hall–Kier alpha value is -3.39. The summed E-state index contributed by atoms with van der Waals surface area (Å²) in [6.07, 6.45) is -1.04. The first-order valence-electron chi connectivity index (χ1n) is 10.8. The molecule has 5 rings (SSSR count). The molecule has 8 heteroatoms. The van der Waals surface area contributed by atoms with Gasteiger partial charge in [-0.2, -0.15) is 13.2 Å². The minimum Gasteiger partial charge on any atom is -0.372 e. The van der Waals surface area contributed by atoms with Crippen molar-refractivity contribution in [1.29, 1.82) is 0 Å². The molecule has 1 aliphatic rings. The van der Waals surface area contributed by atoms with Crippen molar-refractivity contribution < 1.29 is 17.9 Å². The van der Waals surface area contributed by atoms with E-state index in [9.17, 15) is 13.2 Å². The summed E-state index contributed by atoms with van der Waals surface area (Å²) in [4.78, 5) is 11.3. The number of hydrogen-bond donors (Lipinski definition) is 0. The zero-order valence-corrected chi connectivity index (χ0v) is 18.3. The van der Waals surface area contributed by atoms with E-state index in [-0.39, 0.29) is 12.2 Å². The second-order valence-corrected chi connectivity index (χ2v) is 8.39. The van der Waals surface area contributed by atoms with Crippen LogP contribution in [0.1, 0.15) is 19.4 Å². The second kappa shape index (κ2) is 8.19. The number of morpholine rings is 1. The van der Waals surface area contributed by atoms with Crippen LogP contribution in [-0.4, -0.2) is 39.8 Å². The number of hydrogen-bond acceptors (Lipinski definition) is 4. The van der Waals surface area contributed by atoms with E-state index in [1.54, 1.807) is 10.6 Å². The largest absolute Gasteiger partial charge is 0.416 e. The summed E-state index contributed by atoms with van der Waals surface area (Å²) in [6, 6.07) is 15.1. The molecule has 0 bridgehead atoms. The van der Waals surface area contributed by atoms with Crippen LogP contribution in [0.25, 0.3) is 27.8 Å². The summed E-state index contributed by atoms with van der Waals surface area (Å²) >= 11 is 0. The standard InChI is InChI=1S/C25H23F3N4O/c1-16-12-31(13-17(2)33-16)23-22-21(18-7-4-3-5-8-18)14-32(24(22)30-15-29-23)20-10-6-9-19(11-20)25(26,27)28/h3-11,14-17H,12-13H2,1-2H3/t16-,17-/m1/s1. The Morgan fingerprint density at radius 1 is 0.939 bits per heavy atom. The Labute approximate surface area is 189 Å². The molecule has 1 fully saturated rings. The molecule has 2 aromatic carbocycles. The molecule has 0 amide bonds. The number of ether oxygens (including phenoxy) is 1. The molecule has 2 atom stereocenters. The lowest BCUT2D eigenvalue weighted by atomic mass is 10.1. The van der Waals surface area contributed by atoms with E-state index in [2.05, 4.69) is 14.9 Å². The van der Waals surface area contributed by atoms with Crippen molar-refractivity contribution in [3.63, 3.8) is 0 Å². The zero-order chi connectivity index (χ0) is 23.2. The molecule has 4 aromatic rings. The highest BCUT2D eigenvalue weighted by Crippen LogP contribution is 2.38. The predicted octanol–water partition coefficient (Wildman–Crippen LogP) is 5.72. The average Bonchev–Trinajstić information content (AvgIpc) is 3.18. The molecule has 0 aliphatic carbocycles. The first-order valence-corrected chi connectivity index (χ1v) is 10.8. The van der Waals surface area contributed by atoms with Gasteiger partial charge in [0.2, 0.25) is 0 Å². The smallest absolute Gasteiger partial charge is 0.372 e. The van der Waals surface area contributed by atoms with Gasteiger partial charge in [-0.1, -0.05) is 36.4 Å². The number of alkyl halides is 3. The van der Waals surface area contributed by atoms with Gasteiger partial charge in [0.05, 0.1) is 23.2 Å². The monoisotopic (exact) mass is 452 g/mol. The fourth-order valence-corrected chi connectivity index (χ4v) is 4.50. The van der Waals surface area contributed by atoms with Crippen molar-refractivity contribution in [1.82, 2.24) is 14.5 Å². The molecule has 0 saturated carbocycles. The van der Waals surface area contributed by atoms with Crippen LogP contribution in [-0.2, 0) is 10.9 Å². The second-order valence-electron chi connectivity index (χ2n) is 8.39. The lowest BCUT2D eigenvalue weighted by molar-refractivity contribution is -0.137. The summed E-state index contributed by atoms with van der Waals surface area (Å²) in [5.74, 6) is 0.756. The van der Waals surface area contributed by atoms with Gasteiger partial charge in [0.25, 0.3) is 0 Å². The molecule has 33 heavy (non-hydrogen) atoms. The number of halogens is 3. The van der Waals surface area contributed by atoms with Crippen molar-refractivity contribution in [2.75, 3.05) is 18.0 Å². The summed E-state index contributed by atoms with van der Waals surface area (Å²) in [5.41, 5.74) is 2.06. The van der Waals surface area contributed by atoms with Crippen molar-refractivity contribution in [2.24, 2.45) is 0 Å². The number of nitrogens with zero attached hydrogens (tertiary/aromatic N) is 4. The third-order valence-electron chi connectivity index (χ3n) is 5.82. The third-order valence-corrected chi connectivity index (χ3v) is 5.82. The molecule has 3 heterocycles. The molecular weight excluding hydrogens is 429 g/mol. The maximum absolute atomic E-state index is 13.4. The molecule has 0 unspecified atom stereocenters. The maximum atomic E-state index is 13.4. The van der Waals surface area contributed by atoms with Gasteiger partial charge >= 0.3 is 6.18 Å². The number of anilines is 1. The van der Waals surface area contributed by atoms with Crippen LogP contribution in [0.5, 0.6) is 0 Å². The zero-order valence-electron chi connectivity index (χ0n) is 18.3. The molecule has 1 saturated heterocycles. The van der Waals surface area contributed by atoms with Gasteiger partial charge in [-0.05, 0) is 37.6 Å². The molecule has 170 valence electrons. The van der Waals surface area contributed by atoms with Crippen molar-refractivity contribution in [2.45, 2.75) is 32.2 Å². The average molecular weight is 452 g/mol. The molecular formula is C25H23F3N4O. The van der Waals surface area contributed by atoms with Gasteiger partial charge in [-0.3, -0.25) is 0 Å². The van der Waals surface area contributed by atoms with Gasteiger partial charge in [-0.15, -0.1) is 0 Å². The molecule has 5 nitrogen and oxygen atoms in total. The van der Waals surface area contributed by atoms with Gasteiger partial charge in [0, 0.05) is 30.5 Å². The van der Waals surface area contributed by atoms with Gasteiger partial charge in [0.15, 0.2) is 5.65 Å². The Balaban J connectivity index is 1.75. The highest BCUT2D eigenvalue weighted by molar-refractivity contribution is 6.02. The van der Waals surface area contributed by atoms with Crippen LogP contribution in [0.15, 0.2) is 67.1 Å². The van der Waals surface area contributed by atoms with Crippen LogP contribution >= 0.6 is 0 Å². The number of benzene rings is 2. The first kappa shape index (κ1) is 21.5. The van der Waals surface area contributed by atoms with Crippen molar-refractivity contribution in [3.05, 3.63) is 72.7 Å². The van der Waals surface area contributed by atoms with E-state index in [0.717, 1.165) is 34.5 Å². The summed E-state index contributed by atoms with van der Waals surface area (Å²) in [5, 5.41) is 0.808. The van der Waals surface area contributed by atoms with Crippen molar-refractivity contribution >= 4 is 16.9 Å². The first-order chi connectivity index (χ1) is 15.8. The fraction of sp³-hybridized carbons (Fsp3) is 0.280. The van der Waals surface area contributed by atoms with Crippen LogP contribution in [0, 0.1) is 0 Å².